The van der Waals surface area contributed by atoms with Crippen molar-refractivity contribution in [2.24, 2.45) is 14.1 Å². The molecule has 4 aromatic rings. The summed E-state index contributed by atoms with van der Waals surface area (Å²) in [5, 5.41) is 22.0. The number of nitrogens with zero attached hydrogens (tertiary/aromatic N) is 4. The van der Waals surface area contributed by atoms with Gasteiger partial charge >= 0.3 is 5.69 Å². The first-order chi connectivity index (χ1) is 16.2. The summed E-state index contributed by atoms with van der Waals surface area (Å²) in [4.78, 5) is 37.5. The van der Waals surface area contributed by atoms with Crippen molar-refractivity contribution < 1.29 is 14.8 Å². The summed E-state index contributed by atoms with van der Waals surface area (Å²) in [6.07, 6.45) is -0.657. The number of aromatic nitrogens is 3. The third kappa shape index (κ3) is 3.06. The zero-order chi connectivity index (χ0) is 24.3. The number of nitro groups is 1. The highest BCUT2D eigenvalue weighted by atomic mass is 16.6. The van der Waals surface area contributed by atoms with Gasteiger partial charge in [-0.3, -0.25) is 24.0 Å². The lowest BCUT2D eigenvalue weighted by Gasteiger charge is -2.27. The summed E-state index contributed by atoms with van der Waals surface area (Å²) in [6, 6.07) is 11.5. The number of benzene rings is 2. The first-order valence-electron chi connectivity index (χ1n) is 10.7. The van der Waals surface area contributed by atoms with Crippen LogP contribution < -0.4 is 11.2 Å². The Balaban J connectivity index is 1.94. The van der Waals surface area contributed by atoms with E-state index in [1.807, 2.05) is 4.57 Å². The van der Waals surface area contributed by atoms with Gasteiger partial charge in [0.2, 0.25) is 0 Å². The molecule has 10 nitrogen and oxygen atoms in total. The van der Waals surface area contributed by atoms with E-state index in [4.69, 9.17) is 4.74 Å². The number of aromatic hydroxyl groups is 1. The van der Waals surface area contributed by atoms with Crippen molar-refractivity contribution in [3.05, 3.63) is 90.2 Å². The Morgan fingerprint density at radius 1 is 1.12 bits per heavy atom. The van der Waals surface area contributed by atoms with Crippen LogP contribution in [0.3, 0.4) is 0 Å². The third-order valence-electron chi connectivity index (χ3n) is 6.40. The average molecular weight is 462 g/mol. The van der Waals surface area contributed by atoms with Crippen LogP contribution in [-0.4, -0.2) is 30.3 Å². The molecule has 5 rings (SSSR count). The molecule has 1 N–H and O–H groups in total. The van der Waals surface area contributed by atoms with Crippen LogP contribution in [0.4, 0.5) is 5.69 Å². The molecule has 1 aliphatic heterocycles. The quantitative estimate of drug-likeness (QED) is 0.369. The second-order valence-corrected chi connectivity index (χ2v) is 8.42. The van der Waals surface area contributed by atoms with Gasteiger partial charge in [-0.2, -0.15) is 0 Å². The molecule has 2 aromatic heterocycles. The topological polar surface area (TPSA) is 122 Å². The molecular weight excluding hydrogens is 440 g/mol. The van der Waals surface area contributed by atoms with Gasteiger partial charge in [0.1, 0.15) is 11.9 Å². The highest BCUT2D eigenvalue weighted by Crippen LogP contribution is 2.41. The van der Waals surface area contributed by atoms with Crippen molar-refractivity contribution in [2.45, 2.75) is 19.6 Å². The predicted octanol–water partition coefficient (Wildman–Crippen LogP) is 2.75. The zero-order valence-corrected chi connectivity index (χ0v) is 18.8. The minimum atomic E-state index is -0.657. The summed E-state index contributed by atoms with van der Waals surface area (Å²) >= 11 is 0. The van der Waals surface area contributed by atoms with Crippen molar-refractivity contribution >= 4 is 16.6 Å². The first-order valence-corrected chi connectivity index (χ1v) is 10.7. The first kappa shape index (κ1) is 21.7. The van der Waals surface area contributed by atoms with Crippen LogP contribution in [0, 0.1) is 17.0 Å². The molecule has 174 valence electrons. The highest BCUT2D eigenvalue weighted by Gasteiger charge is 2.33. The Kier molecular flexibility index (Phi) is 4.90. The largest absolute Gasteiger partial charge is 0.508 e. The van der Waals surface area contributed by atoms with Gasteiger partial charge in [0.25, 0.3) is 11.2 Å². The van der Waals surface area contributed by atoms with Gasteiger partial charge in [-0.05, 0) is 24.6 Å². The van der Waals surface area contributed by atoms with Crippen LogP contribution >= 0.6 is 0 Å². The Bertz CT molecular complexity index is 1610. The lowest BCUT2D eigenvalue weighted by Crippen LogP contribution is -2.37. The summed E-state index contributed by atoms with van der Waals surface area (Å²) in [6.45, 7) is 2.35. The maximum atomic E-state index is 13.4. The van der Waals surface area contributed by atoms with E-state index in [-0.39, 0.29) is 16.8 Å². The molecule has 0 fully saturated rings. The Morgan fingerprint density at radius 3 is 2.59 bits per heavy atom. The van der Waals surface area contributed by atoms with Crippen LogP contribution in [0.1, 0.15) is 22.9 Å². The van der Waals surface area contributed by atoms with Gasteiger partial charge in [0, 0.05) is 37.8 Å². The molecule has 0 aliphatic carbocycles. The molecule has 2 aromatic carbocycles. The second-order valence-electron chi connectivity index (χ2n) is 8.42. The number of aryl methyl sites for hydroxylation is 2. The van der Waals surface area contributed by atoms with Crippen molar-refractivity contribution in [1.82, 2.24) is 13.7 Å². The lowest BCUT2D eigenvalue weighted by molar-refractivity contribution is -0.385. The summed E-state index contributed by atoms with van der Waals surface area (Å²) in [5.74, 6) is 0.0632. The second kappa shape index (κ2) is 7.70. The number of phenolic OH excluding ortho intramolecular Hbond substituents is 1. The highest BCUT2D eigenvalue weighted by molar-refractivity contribution is 5.97. The Morgan fingerprint density at radius 2 is 1.88 bits per heavy atom. The van der Waals surface area contributed by atoms with Crippen LogP contribution in [0.5, 0.6) is 5.75 Å². The van der Waals surface area contributed by atoms with Gasteiger partial charge in [-0.1, -0.05) is 24.3 Å². The SMILES string of the molecule is Cc1ccc(-c2c3c(=O)n(C)c(=O)n(C)c3c3n2CCOC3c2cccc(O)c2)cc1[N+](=O)[O-]. The van der Waals surface area contributed by atoms with Crippen molar-refractivity contribution in [3.63, 3.8) is 0 Å². The fourth-order valence-corrected chi connectivity index (χ4v) is 4.78. The molecule has 0 saturated carbocycles. The lowest BCUT2D eigenvalue weighted by atomic mass is 10.0. The average Bonchev–Trinajstić information content (AvgIpc) is 3.17. The maximum Gasteiger partial charge on any atom is 0.331 e. The molecule has 10 heteroatoms. The molecule has 0 saturated heterocycles. The fraction of sp³-hybridized carbons (Fsp3) is 0.250. The van der Waals surface area contributed by atoms with Crippen molar-refractivity contribution in [2.75, 3.05) is 6.61 Å². The number of ether oxygens (including phenoxy) is 1. The van der Waals surface area contributed by atoms with Gasteiger partial charge in [-0.25, -0.2) is 4.79 Å². The number of hydrogen-bond donors (Lipinski definition) is 1. The van der Waals surface area contributed by atoms with E-state index in [0.29, 0.717) is 46.7 Å². The number of hydrogen-bond acceptors (Lipinski definition) is 6. The molecule has 1 unspecified atom stereocenters. The minimum absolute atomic E-state index is 0.0561. The number of phenols is 1. The van der Waals surface area contributed by atoms with E-state index in [0.717, 1.165) is 4.57 Å². The van der Waals surface area contributed by atoms with Crippen molar-refractivity contribution in [1.29, 1.82) is 0 Å². The predicted molar refractivity (Wildman–Crippen MR) is 125 cm³/mol. The van der Waals surface area contributed by atoms with Gasteiger partial charge in [0.05, 0.1) is 33.8 Å². The molecular formula is C24H22N4O6. The fourth-order valence-electron chi connectivity index (χ4n) is 4.78. The zero-order valence-electron chi connectivity index (χ0n) is 18.8. The molecule has 3 heterocycles. The van der Waals surface area contributed by atoms with E-state index in [9.17, 15) is 24.8 Å². The van der Waals surface area contributed by atoms with Crippen LogP contribution in [0.15, 0.2) is 52.1 Å². The maximum absolute atomic E-state index is 13.4. The van der Waals surface area contributed by atoms with Crippen LogP contribution in [0.25, 0.3) is 22.2 Å². The molecule has 1 aliphatic rings. The summed E-state index contributed by atoms with van der Waals surface area (Å²) in [7, 11) is 2.99. The monoisotopic (exact) mass is 462 g/mol. The van der Waals surface area contributed by atoms with E-state index >= 15 is 0 Å². The summed E-state index contributed by atoms with van der Waals surface area (Å²) < 4.78 is 10.4. The normalized spacial score (nSPS) is 15.4. The Labute approximate surface area is 193 Å². The molecule has 0 amide bonds. The molecule has 0 spiro atoms. The summed E-state index contributed by atoms with van der Waals surface area (Å²) in [5.41, 5.74) is 2.11. The molecule has 34 heavy (non-hydrogen) atoms. The van der Waals surface area contributed by atoms with E-state index in [1.165, 1.54) is 17.7 Å². The number of rotatable bonds is 3. The van der Waals surface area contributed by atoms with E-state index in [1.54, 1.807) is 50.4 Å². The van der Waals surface area contributed by atoms with Crippen molar-refractivity contribution in [3.8, 4) is 17.0 Å². The van der Waals surface area contributed by atoms with Gasteiger partial charge in [-0.15, -0.1) is 0 Å². The van der Waals surface area contributed by atoms with E-state index < -0.39 is 22.3 Å². The minimum Gasteiger partial charge on any atom is -0.508 e. The van der Waals surface area contributed by atoms with E-state index in [2.05, 4.69) is 0 Å². The standard InChI is InChI=1S/C24H22N4O6/c1-13-7-8-14(12-17(13)28(32)33)19-18-20(25(2)24(31)26(3)23(18)30)21-22(34-10-9-27(19)21)15-5-4-6-16(29)11-15/h4-8,11-12,22,29H,9-10H2,1-3H3. The van der Waals surface area contributed by atoms with Gasteiger partial charge < -0.3 is 14.4 Å². The molecule has 0 bridgehead atoms. The molecule has 1 atom stereocenters. The smallest absolute Gasteiger partial charge is 0.331 e. The van der Waals surface area contributed by atoms with Crippen LogP contribution in [-0.2, 0) is 25.4 Å². The van der Waals surface area contributed by atoms with Crippen LogP contribution in [0.2, 0.25) is 0 Å². The van der Waals surface area contributed by atoms with Gasteiger partial charge in [0.15, 0.2) is 0 Å². The molecule has 0 radical (unpaired) electrons. The number of nitro benzene ring substituents is 1. The number of fused-ring (bicyclic) bond motifs is 3. The Hall–Kier alpha value is -4.18. The third-order valence-corrected chi connectivity index (χ3v) is 6.40.